The van der Waals surface area contributed by atoms with Gasteiger partial charge in [0.1, 0.15) is 5.75 Å². The van der Waals surface area contributed by atoms with E-state index in [0.29, 0.717) is 44.0 Å². The van der Waals surface area contributed by atoms with Gasteiger partial charge in [-0.3, -0.25) is 9.78 Å². The monoisotopic (exact) mass is 493 g/mol. The number of aromatic nitrogens is 5. The van der Waals surface area contributed by atoms with Crippen molar-refractivity contribution in [1.29, 1.82) is 0 Å². The highest BCUT2D eigenvalue weighted by Gasteiger charge is 2.23. The van der Waals surface area contributed by atoms with Gasteiger partial charge in [-0.15, -0.1) is 0 Å². The molecule has 5 aromatic rings. The standard InChI is InChI=1S/C24H20ClN5O3S/c1-24(2,32)17-7-13(25)8-19-22(17)30-23(29-19)34-12-20(31)16-10-28-18-9-14(3-4-15(16)18)33-21-11-26-5-6-27-21/h3-11,28,32H,12H2,1-2H3,(H,29,30). The minimum Gasteiger partial charge on any atom is -0.437 e. The van der Waals surface area contributed by atoms with Gasteiger partial charge in [0.25, 0.3) is 0 Å². The SMILES string of the molecule is CC(C)(O)c1cc(Cl)cc2[nH]c(SCC(=O)c3c[nH]c4cc(Oc5cnccn5)ccc34)nc12. The van der Waals surface area contributed by atoms with Crippen molar-refractivity contribution in [2.45, 2.75) is 24.6 Å². The number of imidazole rings is 1. The molecule has 0 bridgehead atoms. The number of hydrogen-bond acceptors (Lipinski definition) is 7. The van der Waals surface area contributed by atoms with Crippen molar-refractivity contribution in [3.05, 3.63) is 71.3 Å². The number of carbonyl (C=O) groups excluding carboxylic acids is 1. The highest BCUT2D eigenvalue weighted by Crippen LogP contribution is 2.33. The normalized spacial score (nSPS) is 11.9. The van der Waals surface area contributed by atoms with Crippen molar-refractivity contribution in [3.63, 3.8) is 0 Å². The molecule has 0 saturated heterocycles. The van der Waals surface area contributed by atoms with Crippen molar-refractivity contribution in [3.8, 4) is 11.6 Å². The molecule has 3 heterocycles. The van der Waals surface area contributed by atoms with Crippen molar-refractivity contribution in [2.24, 2.45) is 0 Å². The van der Waals surface area contributed by atoms with E-state index in [0.717, 1.165) is 10.9 Å². The smallest absolute Gasteiger partial charge is 0.237 e. The molecule has 3 aromatic heterocycles. The van der Waals surface area contributed by atoms with Crippen LogP contribution in [0.1, 0.15) is 29.8 Å². The topological polar surface area (TPSA) is 117 Å². The van der Waals surface area contributed by atoms with Crippen LogP contribution in [0.5, 0.6) is 11.6 Å². The first kappa shape index (κ1) is 22.4. The van der Waals surface area contributed by atoms with E-state index in [1.165, 1.54) is 18.0 Å². The van der Waals surface area contributed by atoms with Crippen molar-refractivity contribution in [2.75, 3.05) is 5.75 Å². The molecule has 0 unspecified atom stereocenters. The number of hydrogen-bond donors (Lipinski definition) is 3. The Balaban J connectivity index is 1.33. The van der Waals surface area contributed by atoms with Gasteiger partial charge in [-0.1, -0.05) is 23.4 Å². The number of fused-ring (bicyclic) bond motifs is 2. The summed E-state index contributed by atoms with van der Waals surface area (Å²) >= 11 is 7.50. The first-order valence-electron chi connectivity index (χ1n) is 10.4. The first-order chi connectivity index (χ1) is 16.3. The number of aromatic amines is 2. The van der Waals surface area contributed by atoms with Crippen molar-refractivity contribution in [1.82, 2.24) is 24.9 Å². The highest BCUT2D eigenvalue weighted by atomic mass is 35.5. The number of aliphatic hydroxyl groups is 1. The Bertz CT molecular complexity index is 1510. The molecular formula is C24H20ClN5O3S. The van der Waals surface area contributed by atoms with Crippen LogP contribution in [0.3, 0.4) is 0 Å². The van der Waals surface area contributed by atoms with Gasteiger partial charge in [0, 0.05) is 51.7 Å². The number of ether oxygens (including phenoxy) is 1. The zero-order chi connectivity index (χ0) is 23.9. The Hall–Kier alpha value is -3.40. The van der Waals surface area contributed by atoms with E-state index in [1.807, 2.05) is 12.1 Å². The lowest BCUT2D eigenvalue weighted by Gasteiger charge is -2.18. The molecule has 0 aliphatic heterocycles. The molecule has 0 amide bonds. The summed E-state index contributed by atoms with van der Waals surface area (Å²) in [5.41, 5.74) is 2.24. The number of benzene rings is 2. The zero-order valence-electron chi connectivity index (χ0n) is 18.3. The molecule has 0 fully saturated rings. The number of thioether (sulfide) groups is 1. The molecule has 3 N–H and O–H groups in total. The van der Waals surface area contributed by atoms with E-state index < -0.39 is 5.60 Å². The fraction of sp³-hybridized carbons (Fsp3) is 0.167. The molecule has 0 atom stereocenters. The molecule has 172 valence electrons. The lowest BCUT2D eigenvalue weighted by Crippen LogP contribution is -2.16. The summed E-state index contributed by atoms with van der Waals surface area (Å²) in [6.07, 6.45) is 6.36. The molecule has 0 saturated carbocycles. The molecular weight excluding hydrogens is 474 g/mol. The lowest BCUT2D eigenvalue weighted by atomic mass is 9.97. The van der Waals surface area contributed by atoms with Crippen LogP contribution in [0.15, 0.2) is 60.3 Å². The largest absolute Gasteiger partial charge is 0.437 e. The minimum atomic E-state index is -1.10. The maximum Gasteiger partial charge on any atom is 0.237 e. The quantitative estimate of drug-likeness (QED) is 0.203. The summed E-state index contributed by atoms with van der Waals surface area (Å²) < 4.78 is 5.71. The van der Waals surface area contributed by atoms with Crippen LogP contribution in [0.2, 0.25) is 5.02 Å². The number of nitrogens with one attached hydrogen (secondary N) is 2. The third kappa shape index (κ3) is 4.50. The van der Waals surface area contributed by atoms with Crippen molar-refractivity contribution < 1.29 is 14.6 Å². The van der Waals surface area contributed by atoms with Gasteiger partial charge in [0.15, 0.2) is 10.9 Å². The van der Waals surface area contributed by atoms with Gasteiger partial charge in [-0.05, 0) is 38.1 Å². The summed E-state index contributed by atoms with van der Waals surface area (Å²) in [5, 5.41) is 12.4. The molecule has 0 spiro atoms. The molecule has 8 nitrogen and oxygen atoms in total. The Morgan fingerprint density at radius 1 is 1.21 bits per heavy atom. The van der Waals surface area contributed by atoms with E-state index >= 15 is 0 Å². The number of carbonyl (C=O) groups is 1. The molecule has 10 heteroatoms. The summed E-state index contributed by atoms with van der Waals surface area (Å²) in [6.45, 7) is 3.37. The Morgan fingerprint density at radius 3 is 2.82 bits per heavy atom. The highest BCUT2D eigenvalue weighted by molar-refractivity contribution is 7.99. The number of nitrogens with zero attached hydrogens (tertiary/aromatic N) is 3. The third-order valence-electron chi connectivity index (χ3n) is 5.24. The number of rotatable bonds is 7. The fourth-order valence-electron chi connectivity index (χ4n) is 3.66. The molecule has 5 rings (SSSR count). The Kier molecular flexibility index (Phi) is 5.76. The predicted octanol–water partition coefficient (Wildman–Crippen LogP) is 5.48. The maximum absolute atomic E-state index is 13.0. The van der Waals surface area contributed by atoms with E-state index in [9.17, 15) is 9.90 Å². The van der Waals surface area contributed by atoms with Gasteiger partial charge in [0.05, 0.1) is 28.6 Å². The van der Waals surface area contributed by atoms with Crippen LogP contribution >= 0.6 is 23.4 Å². The second-order valence-electron chi connectivity index (χ2n) is 8.22. The van der Waals surface area contributed by atoms with Crippen LogP contribution in [0.4, 0.5) is 0 Å². The number of Topliss-reactive ketones (excluding diaryl/α,β-unsaturated/α-hetero) is 1. The predicted molar refractivity (Wildman–Crippen MR) is 132 cm³/mol. The molecule has 0 aliphatic rings. The van der Waals surface area contributed by atoms with Gasteiger partial charge >= 0.3 is 0 Å². The Labute approximate surface area is 203 Å². The average molecular weight is 494 g/mol. The fourth-order valence-corrected chi connectivity index (χ4v) is 4.64. The van der Waals surface area contributed by atoms with E-state index in [2.05, 4.69) is 24.9 Å². The third-order valence-corrected chi connectivity index (χ3v) is 6.34. The molecule has 2 aromatic carbocycles. The summed E-state index contributed by atoms with van der Waals surface area (Å²) in [7, 11) is 0. The maximum atomic E-state index is 13.0. The van der Waals surface area contributed by atoms with Gasteiger partial charge in [-0.25, -0.2) is 9.97 Å². The van der Waals surface area contributed by atoms with Gasteiger partial charge in [-0.2, -0.15) is 0 Å². The molecule has 0 radical (unpaired) electrons. The summed E-state index contributed by atoms with van der Waals surface area (Å²) in [4.78, 5) is 32.0. The molecule has 0 aliphatic carbocycles. The van der Waals surface area contributed by atoms with E-state index in [4.69, 9.17) is 16.3 Å². The second kappa shape index (κ2) is 8.75. The number of halogens is 1. The zero-order valence-corrected chi connectivity index (χ0v) is 19.9. The van der Waals surface area contributed by atoms with Gasteiger partial charge < -0.3 is 19.8 Å². The average Bonchev–Trinajstić information content (AvgIpc) is 3.40. The summed E-state index contributed by atoms with van der Waals surface area (Å²) in [6, 6.07) is 8.91. The first-order valence-corrected chi connectivity index (χ1v) is 11.8. The Morgan fingerprint density at radius 2 is 2.06 bits per heavy atom. The van der Waals surface area contributed by atoms with Crippen LogP contribution < -0.4 is 4.74 Å². The number of ketones is 1. The van der Waals surface area contributed by atoms with E-state index in [-0.39, 0.29) is 11.5 Å². The number of H-pyrrole nitrogens is 2. The van der Waals surface area contributed by atoms with Crippen LogP contribution in [0.25, 0.3) is 21.9 Å². The molecule has 34 heavy (non-hydrogen) atoms. The minimum absolute atomic E-state index is 0.0416. The second-order valence-corrected chi connectivity index (χ2v) is 9.62. The summed E-state index contributed by atoms with van der Waals surface area (Å²) in [5.74, 6) is 1.13. The van der Waals surface area contributed by atoms with Crippen LogP contribution in [0, 0.1) is 0 Å². The van der Waals surface area contributed by atoms with Gasteiger partial charge in [0.2, 0.25) is 5.88 Å². The van der Waals surface area contributed by atoms with Crippen molar-refractivity contribution >= 4 is 51.1 Å². The lowest BCUT2D eigenvalue weighted by molar-refractivity contribution is 0.0800. The van der Waals surface area contributed by atoms with E-state index in [1.54, 1.807) is 50.6 Å². The van der Waals surface area contributed by atoms with Crippen LogP contribution in [-0.2, 0) is 5.60 Å². The van der Waals surface area contributed by atoms with Crippen LogP contribution in [-0.4, -0.2) is 41.6 Å².